The molecule has 1 N–H and O–H groups in total. The van der Waals surface area contributed by atoms with E-state index in [0.29, 0.717) is 12.5 Å². The summed E-state index contributed by atoms with van der Waals surface area (Å²) in [5.74, 6) is 1.60. The Labute approximate surface area is 83.5 Å². The Morgan fingerprint density at radius 1 is 1.50 bits per heavy atom. The summed E-state index contributed by atoms with van der Waals surface area (Å²) in [7, 11) is 0. The first-order valence-corrected chi connectivity index (χ1v) is 5.11. The van der Waals surface area contributed by atoms with Crippen LogP contribution in [0.3, 0.4) is 0 Å². The lowest BCUT2D eigenvalue weighted by atomic mass is 9.99. The van der Waals surface area contributed by atoms with Crippen molar-refractivity contribution >= 4 is 0 Å². The molecule has 0 unspecified atom stereocenters. The average Bonchev–Trinajstić information content (AvgIpc) is 2.68. The molecule has 2 heterocycles. The molecule has 2 rings (SSSR count). The number of hydrogen-bond donors (Lipinski definition) is 1. The number of aliphatic hydroxyl groups is 1. The Balaban J connectivity index is 2.09. The predicted octanol–water partition coefficient (Wildman–Crippen LogP) is 0.769. The Bertz CT molecular complexity index is 279. The monoisotopic (exact) mass is 196 g/mol. The molecule has 4 heteroatoms. The van der Waals surface area contributed by atoms with E-state index in [9.17, 15) is 0 Å². The molecule has 0 saturated carbocycles. The van der Waals surface area contributed by atoms with Crippen LogP contribution in [0, 0.1) is 0 Å². The third-order valence-corrected chi connectivity index (χ3v) is 2.68. The molecular formula is C10H16N2O2. The summed E-state index contributed by atoms with van der Waals surface area (Å²) < 4.78 is 7.35. The molecule has 1 aliphatic rings. The molecule has 1 fully saturated rings. The molecule has 0 bridgehead atoms. The SMILES string of the molecule is OCCn1ccnc1C1CCOCC1. The van der Waals surface area contributed by atoms with Gasteiger partial charge < -0.3 is 14.4 Å². The minimum Gasteiger partial charge on any atom is -0.395 e. The number of ether oxygens (including phenoxy) is 1. The van der Waals surface area contributed by atoms with E-state index in [2.05, 4.69) is 4.98 Å². The fraction of sp³-hybridized carbons (Fsp3) is 0.700. The van der Waals surface area contributed by atoms with Crippen LogP contribution >= 0.6 is 0 Å². The molecular weight excluding hydrogens is 180 g/mol. The maximum atomic E-state index is 8.89. The van der Waals surface area contributed by atoms with Crippen molar-refractivity contribution in [1.29, 1.82) is 0 Å². The van der Waals surface area contributed by atoms with Crippen LogP contribution in [0.5, 0.6) is 0 Å². The zero-order valence-corrected chi connectivity index (χ0v) is 8.22. The van der Waals surface area contributed by atoms with Crippen LogP contribution in [0.4, 0.5) is 0 Å². The van der Waals surface area contributed by atoms with Crippen LogP contribution in [-0.4, -0.2) is 34.5 Å². The highest BCUT2D eigenvalue weighted by molar-refractivity contribution is 5.01. The smallest absolute Gasteiger partial charge is 0.112 e. The summed E-state index contributed by atoms with van der Waals surface area (Å²) >= 11 is 0. The summed E-state index contributed by atoms with van der Waals surface area (Å²) in [5, 5.41) is 8.89. The van der Waals surface area contributed by atoms with Crippen molar-refractivity contribution in [2.75, 3.05) is 19.8 Å². The minimum atomic E-state index is 0.173. The molecule has 1 saturated heterocycles. The van der Waals surface area contributed by atoms with E-state index in [1.165, 1.54) is 0 Å². The van der Waals surface area contributed by atoms with Crippen LogP contribution in [0.15, 0.2) is 12.4 Å². The second-order valence-electron chi connectivity index (χ2n) is 3.59. The molecule has 14 heavy (non-hydrogen) atoms. The number of rotatable bonds is 3. The molecule has 1 aromatic rings. The van der Waals surface area contributed by atoms with Gasteiger partial charge in [0.25, 0.3) is 0 Å². The van der Waals surface area contributed by atoms with Gasteiger partial charge in [0.1, 0.15) is 5.82 Å². The van der Waals surface area contributed by atoms with Gasteiger partial charge in [0.05, 0.1) is 6.61 Å². The van der Waals surface area contributed by atoms with E-state index in [1.54, 1.807) is 6.20 Å². The zero-order chi connectivity index (χ0) is 9.80. The number of aliphatic hydroxyl groups excluding tert-OH is 1. The third kappa shape index (κ3) is 1.96. The maximum absolute atomic E-state index is 8.89. The lowest BCUT2D eigenvalue weighted by Crippen LogP contribution is -2.18. The number of nitrogens with zero attached hydrogens (tertiary/aromatic N) is 2. The normalized spacial score (nSPS) is 18.6. The van der Waals surface area contributed by atoms with E-state index >= 15 is 0 Å². The van der Waals surface area contributed by atoms with Crippen molar-refractivity contribution in [3.05, 3.63) is 18.2 Å². The van der Waals surface area contributed by atoms with E-state index in [1.807, 2.05) is 10.8 Å². The molecule has 0 aromatic carbocycles. The summed E-state index contributed by atoms with van der Waals surface area (Å²) in [5.41, 5.74) is 0. The first-order chi connectivity index (χ1) is 6.92. The second kappa shape index (κ2) is 4.57. The highest BCUT2D eigenvalue weighted by Gasteiger charge is 2.19. The molecule has 1 aliphatic heterocycles. The highest BCUT2D eigenvalue weighted by atomic mass is 16.5. The largest absolute Gasteiger partial charge is 0.395 e. The van der Waals surface area contributed by atoms with Crippen molar-refractivity contribution in [2.45, 2.75) is 25.3 Å². The van der Waals surface area contributed by atoms with Gasteiger partial charge in [-0.3, -0.25) is 0 Å². The van der Waals surface area contributed by atoms with Crippen molar-refractivity contribution in [3.8, 4) is 0 Å². The van der Waals surface area contributed by atoms with Crippen molar-refractivity contribution in [3.63, 3.8) is 0 Å². The fourth-order valence-corrected chi connectivity index (χ4v) is 1.93. The van der Waals surface area contributed by atoms with Gasteiger partial charge in [-0.05, 0) is 12.8 Å². The van der Waals surface area contributed by atoms with Crippen molar-refractivity contribution in [1.82, 2.24) is 9.55 Å². The topological polar surface area (TPSA) is 47.3 Å². The lowest BCUT2D eigenvalue weighted by Gasteiger charge is -2.22. The van der Waals surface area contributed by atoms with Crippen molar-refractivity contribution < 1.29 is 9.84 Å². The molecule has 0 spiro atoms. The Kier molecular flexibility index (Phi) is 3.16. The predicted molar refractivity (Wildman–Crippen MR) is 52.1 cm³/mol. The highest BCUT2D eigenvalue weighted by Crippen LogP contribution is 2.25. The van der Waals surface area contributed by atoms with E-state index in [-0.39, 0.29) is 6.61 Å². The van der Waals surface area contributed by atoms with Crippen LogP contribution in [0.1, 0.15) is 24.6 Å². The maximum Gasteiger partial charge on any atom is 0.112 e. The molecule has 0 radical (unpaired) electrons. The summed E-state index contributed by atoms with van der Waals surface area (Å²) in [6.07, 6.45) is 5.83. The number of hydrogen-bond acceptors (Lipinski definition) is 3. The molecule has 0 amide bonds. The number of aromatic nitrogens is 2. The van der Waals surface area contributed by atoms with Crippen LogP contribution in [0.2, 0.25) is 0 Å². The van der Waals surface area contributed by atoms with Gasteiger partial charge in [-0.1, -0.05) is 0 Å². The molecule has 78 valence electrons. The third-order valence-electron chi connectivity index (χ3n) is 2.68. The summed E-state index contributed by atoms with van der Waals surface area (Å²) in [4.78, 5) is 4.35. The van der Waals surface area contributed by atoms with Crippen LogP contribution in [0.25, 0.3) is 0 Å². The van der Waals surface area contributed by atoms with Gasteiger partial charge in [-0.25, -0.2) is 4.98 Å². The Hall–Kier alpha value is -0.870. The summed E-state index contributed by atoms with van der Waals surface area (Å²) in [6.45, 7) is 2.48. The average molecular weight is 196 g/mol. The quantitative estimate of drug-likeness (QED) is 0.776. The first kappa shape index (κ1) is 9.68. The van der Waals surface area contributed by atoms with Crippen molar-refractivity contribution in [2.24, 2.45) is 0 Å². The second-order valence-corrected chi connectivity index (χ2v) is 3.59. The fourth-order valence-electron chi connectivity index (χ4n) is 1.93. The molecule has 0 aliphatic carbocycles. The molecule has 0 atom stereocenters. The van der Waals surface area contributed by atoms with E-state index < -0.39 is 0 Å². The van der Waals surface area contributed by atoms with Gasteiger partial charge in [0.2, 0.25) is 0 Å². The van der Waals surface area contributed by atoms with Crippen LogP contribution in [-0.2, 0) is 11.3 Å². The van der Waals surface area contributed by atoms with E-state index in [0.717, 1.165) is 31.9 Å². The van der Waals surface area contributed by atoms with Gasteiger partial charge in [0, 0.05) is 38.1 Å². The summed E-state index contributed by atoms with van der Waals surface area (Å²) in [6, 6.07) is 0. The van der Waals surface area contributed by atoms with Gasteiger partial charge in [0.15, 0.2) is 0 Å². The number of imidazole rings is 1. The Morgan fingerprint density at radius 3 is 3.00 bits per heavy atom. The zero-order valence-electron chi connectivity index (χ0n) is 8.22. The van der Waals surface area contributed by atoms with E-state index in [4.69, 9.17) is 9.84 Å². The molecule has 1 aromatic heterocycles. The van der Waals surface area contributed by atoms with Gasteiger partial charge >= 0.3 is 0 Å². The minimum absolute atomic E-state index is 0.173. The lowest BCUT2D eigenvalue weighted by molar-refractivity contribution is 0.0826. The van der Waals surface area contributed by atoms with Gasteiger partial charge in [-0.2, -0.15) is 0 Å². The standard InChI is InChI=1S/C10H16N2O2/c13-6-5-12-4-3-11-10(12)9-1-7-14-8-2-9/h3-4,9,13H,1-2,5-8H2. The Morgan fingerprint density at radius 2 is 2.29 bits per heavy atom. The van der Waals surface area contributed by atoms with Crippen LogP contribution < -0.4 is 0 Å². The molecule has 4 nitrogen and oxygen atoms in total. The first-order valence-electron chi connectivity index (χ1n) is 5.11. The van der Waals surface area contributed by atoms with Gasteiger partial charge in [-0.15, -0.1) is 0 Å².